The molecule has 2 unspecified atom stereocenters. The number of aromatic carboxylic acids is 1. The molecule has 3 aromatic rings. The summed E-state index contributed by atoms with van der Waals surface area (Å²) in [7, 11) is -4.00. The van der Waals surface area contributed by atoms with Crippen molar-refractivity contribution in [2.75, 3.05) is 11.9 Å². The maximum absolute atomic E-state index is 12.8. The number of hydrogen-bond donors (Lipinski definition) is 4. The number of rotatable bonds is 9. The van der Waals surface area contributed by atoms with Gasteiger partial charge in [0.1, 0.15) is 0 Å². The smallest absolute Gasteiger partial charge is 0.337 e. The van der Waals surface area contributed by atoms with Crippen molar-refractivity contribution in [2.24, 2.45) is 5.92 Å². The Balaban J connectivity index is 1.74. The Bertz CT molecular complexity index is 1380. The fourth-order valence-corrected chi connectivity index (χ4v) is 4.50. The van der Waals surface area contributed by atoms with Gasteiger partial charge in [0.2, 0.25) is 10.0 Å². The summed E-state index contributed by atoms with van der Waals surface area (Å²) in [6.45, 7) is 1.67. The number of carbonyl (C=O) groups is 2. The second kappa shape index (κ2) is 10.9. The molecule has 35 heavy (non-hydrogen) atoms. The van der Waals surface area contributed by atoms with E-state index in [0.717, 1.165) is 6.07 Å². The number of amides is 1. The molecular weight excluding hydrogens is 470 g/mol. The maximum atomic E-state index is 12.8. The summed E-state index contributed by atoms with van der Waals surface area (Å²) in [6, 6.07) is 19.8. The molecule has 0 aromatic heterocycles. The first-order valence-electron chi connectivity index (χ1n) is 10.5. The Labute approximate surface area is 202 Å². The predicted molar refractivity (Wildman–Crippen MR) is 128 cm³/mol. The van der Waals surface area contributed by atoms with Crippen molar-refractivity contribution in [3.8, 4) is 6.07 Å². The number of carboxylic acid groups (broad SMARTS) is 1. The van der Waals surface area contributed by atoms with Gasteiger partial charge in [0.15, 0.2) is 0 Å². The lowest BCUT2D eigenvalue weighted by Gasteiger charge is -2.19. The zero-order chi connectivity index (χ0) is 25.6. The van der Waals surface area contributed by atoms with Crippen LogP contribution < -0.4 is 10.0 Å². The number of nitrogens with one attached hydrogen (secondary N) is 2. The SMILES string of the molecule is CC(CNS(=O)(=O)c1cccc(C(=O)Nc2ccc(C#N)cc2C(=O)O)c1)C(O)c1ccccc1. The van der Waals surface area contributed by atoms with Crippen molar-refractivity contribution in [1.29, 1.82) is 5.26 Å². The molecule has 3 rings (SSSR count). The Morgan fingerprint density at radius 2 is 1.74 bits per heavy atom. The normalized spacial score (nSPS) is 12.8. The van der Waals surface area contributed by atoms with Crippen molar-refractivity contribution < 1.29 is 28.2 Å². The van der Waals surface area contributed by atoms with Gasteiger partial charge in [-0.1, -0.05) is 43.3 Å². The van der Waals surface area contributed by atoms with E-state index in [-0.39, 0.29) is 33.8 Å². The first kappa shape index (κ1) is 25.6. The number of anilines is 1. The summed E-state index contributed by atoms with van der Waals surface area (Å²) in [5.41, 5.74) is 0.476. The molecule has 10 heteroatoms. The Kier molecular flexibility index (Phi) is 7.98. The number of benzene rings is 3. The molecule has 180 valence electrons. The quantitative estimate of drug-likeness (QED) is 0.357. The number of aliphatic hydroxyl groups excluding tert-OH is 1. The van der Waals surface area contributed by atoms with Gasteiger partial charge >= 0.3 is 5.97 Å². The minimum atomic E-state index is -4.00. The summed E-state index contributed by atoms with van der Waals surface area (Å²) in [5.74, 6) is -2.48. The van der Waals surface area contributed by atoms with E-state index < -0.39 is 33.9 Å². The molecule has 0 heterocycles. The van der Waals surface area contributed by atoms with Crippen LogP contribution in [0.5, 0.6) is 0 Å². The van der Waals surface area contributed by atoms with Crippen LogP contribution in [-0.2, 0) is 10.0 Å². The standard InChI is InChI=1S/C25H23N3O6S/c1-16(23(29)18-6-3-2-4-7-18)15-27-35(33,34)20-9-5-8-19(13-20)24(30)28-22-11-10-17(14-26)12-21(22)25(31)32/h2-13,16,23,27,29H,15H2,1H3,(H,28,30)(H,31,32). The van der Waals surface area contributed by atoms with Gasteiger partial charge in [-0.2, -0.15) is 5.26 Å². The number of carbonyl (C=O) groups excluding carboxylic acids is 1. The van der Waals surface area contributed by atoms with Crippen molar-refractivity contribution >= 4 is 27.6 Å². The third-order valence-electron chi connectivity index (χ3n) is 5.31. The summed E-state index contributed by atoms with van der Waals surface area (Å²) in [4.78, 5) is 24.0. The minimum Gasteiger partial charge on any atom is -0.478 e. The van der Waals surface area contributed by atoms with Crippen LogP contribution in [0.3, 0.4) is 0 Å². The van der Waals surface area contributed by atoms with E-state index in [2.05, 4.69) is 10.0 Å². The van der Waals surface area contributed by atoms with Crippen molar-refractivity contribution in [1.82, 2.24) is 4.72 Å². The number of sulfonamides is 1. The van der Waals surface area contributed by atoms with Crippen molar-refractivity contribution in [3.63, 3.8) is 0 Å². The summed E-state index contributed by atoms with van der Waals surface area (Å²) in [6.07, 6.45) is -0.869. The average Bonchev–Trinajstić information content (AvgIpc) is 2.87. The first-order valence-corrected chi connectivity index (χ1v) is 12.0. The van der Waals surface area contributed by atoms with Gasteiger partial charge in [-0.25, -0.2) is 17.9 Å². The number of hydrogen-bond acceptors (Lipinski definition) is 6. The maximum Gasteiger partial charge on any atom is 0.337 e. The van der Waals surface area contributed by atoms with Crippen molar-refractivity contribution in [3.05, 3.63) is 95.1 Å². The van der Waals surface area contributed by atoms with Crippen LogP contribution in [0, 0.1) is 17.2 Å². The van der Waals surface area contributed by atoms with Gasteiger partial charge in [0, 0.05) is 12.1 Å². The van der Waals surface area contributed by atoms with Crippen LogP contribution >= 0.6 is 0 Å². The molecule has 0 spiro atoms. The fraction of sp³-hybridized carbons (Fsp3) is 0.160. The second-order valence-corrected chi connectivity index (χ2v) is 9.61. The second-order valence-electron chi connectivity index (χ2n) is 7.84. The highest BCUT2D eigenvalue weighted by molar-refractivity contribution is 7.89. The number of nitrogens with zero attached hydrogens (tertiary/aromatic N) is 1. The molecule has 0 radical (unpaired) electrons. The molecule has 0 aliphatic rings. The molecule has 0 aliphatic carbocycles. The van der Waals surface area contributed by atoms with Gasteiger partial charge in [-0.15, -0.1) is 0 Å². The van der Waals surface area contributed by atoms with Crippen LogP contribution in [0.1, 0.15) is 44.9 Å². The Hall–Kier alpha value is -4.04. The average molecular weight is 494 g/mol. The van der Waals surface area contributed by atoms with Crippen LogP contribution in [0.4, 0.5) is 5.69 Å². The van der Waals surface area contributed by atoms with Gasteiger partial charge in [-0.3, -0.25) is 4.79 Å². The number of aliphatic hydroxyl groups is 1. The molecule has 3 aromatic carbocycles. The van der Waals surface area contributed by atoms with Crippen LogP contribution in [-0.4, -0.2) is 37.1 Å². The topological polar surface area (TPSA) is 157 Å². The molecule has 9 nitrogen and oxygen atoms in total. The lowest BCUT2D eigenvalue weighted by molar-refractivity contribution is 0.0698. The van der Waals surface area contributed by atoms with E-state index in [9.17, 15) is 28.2 Å². The Morgan fingerprint density at radius 3 is 2.40 bits per heavy atom. The van der Waals surface area contributed by atoms with Crippen LogP contribution in [0.15, 0.2) is 77.7 Å². The van der Waals surface area contributed by atoms with Crippen LogP contribution in [0.25, 0.3) is 0 Å². The highest BCUT2D eigenvalue weighted by Gasteiger charge is 2.22. The van der Waals surface area contributed by atoms with Crippen LogP contribution in [0.2, 0.25) is 0 Å². The molecule has 0 fully saturated rings. The first-order chi connectivity index (χ1) is 16.6. The zero-order valence-corrected chi connectivity index (χ0v) is 19.5. The molecule has 0 bridgehead atoms. The van der Waals surface area contributed by atoms with Gasteiger partial charge in [0.25, 0.3) is 5.91 Å². The molecule has 0 saturated heterocycles. The lowest BCUT2D eigenvalue weighted by atomic mass is 9.98. The van der Waals surface area contributed by atoms with E-state index in [1.807, 2.05) is 12.1 Å². The van der Waals surface area contributed by atoms with Crippen molar-refractivity contribution in [2.45, 2.75) is 17.9 Å². The van der Waals surface area contributed by atoms with E-state index in [0.29, 0.717) is 5.56 Å². The van der Waals surface area contributed by atoms with E-state index in [4.69, 9.17) is 5.26 Å². The largest absolute Gasteiger partial charge is 0.478 e. The highest BCUT2D eigenvalue weighted by Crippen LogP contribution is 2.22. The van der Waals surface area contributed by atoms with Gasteiger partial charge in [-0.05, 0) is 47.9 Å². The zero-order valence-electron chi connectivity index (χ0n) is 18.7. The summed E-state index contributed by atoms with van der Waals surface area (Å²) >= 11 is 0. The third-order valence-corrected chi connectivity index (χ3v) is 6.73. The van der Waals surface area contributed by atoms with Gasteiger partial charge in [0.05, 0.1) is 33.9 Å². The molecule has 2 atom stereocenters. The molecule has 0 aliphatic heterocycles. The lowest BCUT2D eigenvalue weighted by Crippen LogP contribution is -2.31. The fourth-order valence-electron chi connectivity index (χ4n) is 3.31. The summed E-state index contributed by atoms with van der Waals surface area (Å²) in [5, 5.41) is 31.2. The monoisotopic (exact) mass is 493 g/mol. The molecule has 1 amide bonds. The number of carboxylic acids is 1. The van der Waals surface area contributed by atoms with E-state index >= 15 is 0 Å². The predicted octanol–water partition coefficient (Wildman–Crippen LogP) is 3.16. The minimum absolute atomic E-state index is 0.00839. The summed E-state index contributed by atoms with van der Waals surface area (Å²) < 4.78 is 28.1. The highest BCUT2D eigenvalue weighted by atomic mass is 32.2. The third kappa shape index (κ3) is 6.30. The van der Waals surface area contributed by atoms with Gasteiger partial charge < -0.3 is 15.5 Å². The molecule has 4 N–H and O–H groups in total. The van der Waals surface area contributed by atoms with E-state index in [1.54, 1.807) is 31.2 Å². The van der Waals surface area contributed by atoms with E-state index in [1.165, 1.54) is 36.4 Å². The Morgan fingerprint density at radius 1 is 1.03 bits per heavy atom. The molecular formula is C25H23N3O6S. The molecule has 0 saturated carbocycles. The number of nitriles is 1.